The van der Waals surface area contributed by atoms with Crippen molar-refractivity contribution >= 4 is 30.1 Å². The molecule has 0 aliphatic carbocycles. The molecule has 0 aliphatic rings. The van der Waals surface area contributed by atoms with Gasteiger partial charge >= 0.3 is 0 Å². The lowest BCUT2D eigenvalue weighted by atomic mass is 10.1. The van der Waals surface area contributed by atoms with Gasteiger partial charge in [-0.2, -0.15) is 16.8 Å². The standard InChI is InChI=1S/C15H24O8S3/c1-22-24(16,17)12-6-10-15(11-7-13-25(18,19)23-2)26(20,21)14-8-4-3-5-9-14/h3-5,8-9,15H,6-7,10-13H2,1-2H3. The first-order valence-corrected chi connectivity index (χ1v) is 12.6. The van der Waals surface area contributed by atoms with Crippen molar-refractivity contribution < 1.29 is 33.6 Å². The minimum atomic E-state index is -3.72. The van der Waals surface area contributed by atoms with Crippen LogP contribution < -0.4 is 0 Å². The quantitative estimate of drug-likeness (QED) is 0.457. The molecule has 1 rings (SSSR count). The predicted octanol–water partition coefficient (Wildman–Crippen LogP) is 1.34. The molecule has 1 aromatic carbocycles. The van der Waals surface area contributed by atoms with E-state index in [4.69, 9.17) is 0 Å². The van der Waals surface area contributed by atoms with Crippen molar-refractivity contribution in [2.75, 3.05) is 25.7 Å². The van der Waals surface area contributed by atoms with Crippen molar-refractivity contribution in [1.29, 1.82) is 0 Å². The number of sulfone groups is 1. The van der Waals surface area contributed by atoms with Gasteiger partial charge in [-0.05, 0) is 37.8 Å². The lowest BCUT2D eigenvalue weighted by Gasteiger charge is -2.17. The number of rotatable bonds is 12. The summed E-state index contributed by atoms with van der Waals surface area (Å²) in [6.45, 7) is 0. The summed E-state index contributed by atoms with van der Waals surface area (Å²) in [4.78, 5) is 0.120. The molecule has 26 heavy (non-hydrogen) atoms. The van der Waals surface area contributed by atoms with Crippen molar-refractivity contribution in [3.8, 4) is 0 Å². The first-order valence-electron chi connectivity index (χ1n) is 7.89. The molecule has 11 heteroatoms. The maximum absolute atomic E-state index is 12.8. The second-order valence-corrected chi connectivity index (χ2v) is 11.6. The fourth-order valence-electron chi connectivity index (χ4n) is 2.40. The van der Waals surface area contributed by atoms with Crippen LogP contribution in [0.1, 0.15) is 25.7 Å². The zero-order valence-electron chi connectivity index (χ0n) is 14.7. The van der Waals surface area contributed by atoms with Gasteiger partial charge in [0.15, 0.2) is 9.84 Å². The number of hydrogen-bond acceptors (Lipinski definition) is 8. The summed E-state index contributed by atoms with van der Waals surface area (Å²) in [7, 11) is -9.00. The maximum Gasteiger partial charge on any atom is 0.267 e. The summed E-state index contributed by atoms with van der Waals surface area (Å²) >= 11 is 0. The highest BCUT2D eigenvalue weighted by Gasteiger charge is 2.28. The van der Waals surface area contributed by atoms with Crippen LogP contribution >= 0.6 is 0 Å². The monoisotopic (exact) mass is 428 g/mol. The topological polar surface area (TPSA) is 121 Å². The van der Waals surface area contributed by atoms with Gasteiger partial charge in [-0.25, -0.2) is 8.42 Å². The molecule has 0 saturated carbocycles. The van der Waals surface area contributed by atoms with Crippen LogP contribution in [0.5, 0.6) is 0 Å². The Morgan fingerprint density at radius 2 is 1.19 bits per heavy atom. The van der Waals surface area contributed by atoms with Gasteiger partial charge in [-0.1, -0.05) is 18.2 Å². The third-order valence-electron chi connectivity index (χ3n) is 3.86. The van der Waals surface area contributed by atoms with Crippen LogP contribution in [0.4, 0.5) is 0 Å². The molecule has 0 bridgehead atoms. The molecule has 0 aliphatic heterocycles. The van der Waals surface area contributed by atoms with Gasteiger partial charge in [-0.15, -0.1) is 0 Å². The summed E-state index contributed by atoms with van der Waals surface area (Å²) in [5.41, 5.74) is 0. The maximum atomic E-state index is 12.8. The Morgan fingerprint density at radius 3 is 1.58 bits per heavy atom. The van der Waals surface area contributed by atoms with E-state index in [0.29, 0.717) is 0 Å². The van der Waals surface area contributed by atoms with E-state index in [9.17, 15) is 25.3 Å². The minimum absolute atomic E-state index is 0.0762. The smallest absolute Gasteiger partial charge is 0.267 e. The van der Waals surface area contributed by atoms with Crippen molar-refractivity contribution in [3.63, 3.8) is 0 Å². The van der Waals surface area contributed by atoms with Gasteiger partial charge in [0.05, 0.1) is 35.9 Å². The molecular weight excluding hydrogens is 404 g/mol. The fraction of sp³-hybridized carbons (Fsp3) is 0.600. The molecule has 8 nitrogen and oxygen atoms in total. The highest BCUT2D eigenvalue weighted by atomic mass is 32.2. The van der Waals surface area contributed by atoms with Gasteiger partial charge in [0, 0.05) is 0 Å². The average molecular weight is 429 g/mol. The molecule has 0 atom stereocenters. The van der Waals surface area contributed by atoms with Crippen molar-refractivity contribution in [3.05, 3.63) is 30.3 Å². The lowest BCUT2D eigenvalue weighted by Crippen LogP contribution is -2.24. The zero-order chi connectivity index (χ0) is 19.8. The SMILES string of the molecule is COS(=O)(=O)CCCC(CCCS(=O)(=O)OC)S(=O)(=O)c1ccccc1. The average Bonchev–Trinajstić information content (AvgIpc) is 2.61. The van der Waals surface area contributed by atoms with E-state index in [0.717, 1.165) is 14.2 Å². The van der Waals surface area contributed by atoms with Crippen molar-refractivity contribution in [2.24, 2.45) is 0 Å². The summed E-state index contributed by atoms with van der Waals surface area (Å²) in [5.74, 6) is -0.610. The lowest BCUT2D eigenvalue weighted by molar-refractivity contribution is 0.395. The van der Waals surface area contributed by atoms with Crippen LogP contribution in [-0.4, -0.2) is 56.2 Å². The van der Waals surface area contributed by atoms with Crippen LogP contribution in [0, 0.1) is 0 Å². The van der Waals surface area contributed by atoms with E-state index >= 15 is 0 Å². The van der Waals surface area contributed by atoms with E-state index in [1.807, 2.05) is 0 Å². The van der Waals surface area contributed by atoms with Gasteiger partial charge in [0.2, 0.25) is 0 Å². The molecule has 0 heterocycles. The van der Waals surface area contributed by atoms with E-state index in [2.05, 4.69) is 8.37 Å². The van der Waals surface area contributed by atoms with Gasteiger partial charge < -0.3 is 0 Å². The molecule has 1 aromatic rings. The molecule has 0 spiro atoms. The van der Waals surface area contributed by atoms with Crippen LogP contribution in [0.15, 0.2) is 35.2 Å². The second-order valence-electron chi connectivity index (χ2n) is 5.62. The van der Waals surface area contributed by atoms with Crippen LogP contribution in [-0.2, 0) is 38.4 Å². The Balaban J connectivity index is 2.91. The third kappa shape index (κ3) is 7.31. The predicted molar refractivity (Wildman–Crippen MR) is 97.5 cm³/mol. The third-order valence-corrected chi connectivity index (χ3v) is 8.73. The molecule has 150 valence electrons. The Hall–Kier alpha value is -1.01. The molecule has 0 unspecified atom stereocenters. The van der Waals surface area contributed by atoms with Crippen molar-refractivity contribution in [2.45, 2.75) is 35.8 Å². The highest BCUT2D eigenvalue weighted by molar-refractivity contribution is 7.92. The largest absolute Gasteiger partial charge is 0.273 e. The molecule has 0 aromatic heterocycles. The molecule has 0 N–H and O–H groups in total. The van der Waals surface area contributed by atoms with E-state index in [1.54, 1.807) is 18.2 Å². The Morgan fingerprint density at radius 1 is 0.769 bits per heavy atom. The highest BCUT2D eigenvalue weighted by Crippen LogP contribution is 2.24. The van der Waals surface area contributed by atoms with Crippen molar-refractivity contribution in [1.82, 2.24) is 0 Å². The summed E-state index contributed by atoms with van der Waals surface area (Å²) < 4.78 is 80.0. The minimum Gasteiger partial charge on any atom is -0.273 e. The van der Waals surface area contributed by atoms with Crippen LogP contribution in [0.25, 0.3) is 0 Å². The van der Waals surface area contributed by atoms with Gasteiger partial charge in [0.1, 0.15) is 0 Å². The van der Waals surface area contributed by atoms with E-state index in [1.165, 1.54) is 12.1 Å². The number of benzene rings is 1. The molecule has 0 radical (unpaired) electrons. The van der Waals surface area contributed by atoms with Gasteiger partial charge in [0.25, 0.3) is 20.2 Å². The second kappa shape index (κ2) is 9.79. The molecule has 0 fully saturated rings. The Kier molecular flexibility index (Phi) is 8.67. The molecular formula is C15H24O8S3. The zero-order valence-corrected chi connectivity index (χ0v) is 17.1. The van der Waals surface area contributed by atoms with Crippen LogP contribution in [0.3, 0.4) is 0 Å². The van der Waals surface area contributed by atoms with E-state index in [-0.39, 0.29) is 42.1 Å². The van der Waals surface area contributed by atoms with Gasteiger partial charge in [-0.3, -0.25) is 8.37 Å². The number of hydrogen-bond donors (Lipinski definition) is 0. The normalized spacial score (nSPS) is 13.2. The van der Waals surface area contributed by atoms with Crippen LogP contribution in [0.2, 0.25) is 0 Å². The Labute approximate surface area is 155 Å². The first kappa shape index (κ1) is 23.0. The molecule has 0 amide bonds. The Bertz CT molecular complexity index is 819. The first-order chi connectivity index (χ1) is 12.0. The fourth-order valence-corrected chi connectivity index (χ4v) is 5.65. The summed E-state index contributed by atoms with van der Waals surface area (Å²) in [6.07, 6.45) is 0.327. The van der Waals surface area contributed by atoms with E-state index < -0.39 is 35.3 Å². The summed E-state index contributed by atoms with van der Waals surface area (Å²) in [5, 5.41) is -0.899. The molecule has 0 saturated heterocycles. The summed E-state index contributed by atoms with van der Waals surface area (Å²) in [6, 6.07) is 7.79.